The van der Waals surface area contributed by atoms with Gasteiger partial charge in [0.15, 0.2) is 0 Å². The van der Waals surface area contributed by atoms with Crippen LogP contribution in [0.1, 0.15) is 47.1 Å². The molecular formula is C17H23N3O8S2. The normalized spacial score (nSPS) is 15.3. The Labute approximate surface area is 174 Å². The van der Waals surface area contributed by atoms with Crippen molar-refractivity contribution in [3.8, 4) is 0 Å². The molecule has 30 heavy (non-hydrogen) atoms. The predicted octanol–water partition coefficient (Wildman–Crippen LogP) is 0.305. The van der Waals surface area contributed by atoms with Crippen LogP contribution in [0.15, 0.2) is 17.1 Å². The van der Waals surface area contributed by atoms with E-state index < -0.39 is 49.0 Å². The molecular weight excluding hydrogens is 438 g/mol. The summed E-state index contributed by atoms with van der Waals surface area (Å²) >= 11 is 0. The highest BCUT2D eigenvalue weighted by Crippen LogP contribution is 2.42. The van der Waals surface area contributed by atoms with Crippen molar-refractivity contribution in [1.82, 2.24) is 10.6 Å². The van der Waals surface area contributed by atoms with Gasteiger partial charge in [-0.05, 0) is 19.1 Å². The second-order valence-corrected chi connectivity index (χ2v) is 10.5. The standard InChI is InChI=1S/C17H23N3O8S2/c1-10-17(2,3)14-12(16(22)19-5-7-30(26,27)28)8-11(9-13(14)20-10)15(21)18-4-6-29(23,24)25/h8-9H,4-7H2,1-3H3,(H,18,21)(H,19,22)(H,23,24,25)(H,26,27,28). The average Bonchev–Trinajstić information content (AvgIpc) is 2.80. The molecule has 0 bridgehead atoms. The fraction of sp³-hybridized carbons (Fsp3) is 0.471. The van der Waals surface area contributed by atoms with Crippen LogP contribution in [0.5, 0.6) is 0 Å². The second-order valence-electron chi connectivity index (χ2n) is 7.32. The lowest BCUT2D eigenvalue weighted by atomic mass is 9.79. The fourth-order valence-corrected chi connectivity index (χ4v) is 3.69. The Morgan fingerprint density at radius 3 is 1.97 bits per heavy atom. The van der Waals surface area contributed by atoms with Gasteiger partial charge in [-0.1, -0.05) is 13.8 Å². The molecule has 4 N–H and O–H groups in total. The van der Waals surface area contributed by atoms with E-state index >= 15 is 0 Å². The van der Waals surface area contributed by atoms with Crippen LogP contribution in [-0.2, 0) is 25.7 Å². The molecule has 13 heteroatoms. The van der Waals surface area contributed by atoms with Gasteiger partial charge in [0.2, 0.25) is 0 Å². The smallest absolute Gasteiger partial charge is 0.266 e. The number of hydrogen-bond donors (Lipinski definition) is 4. The third kappa shape index (κ3) is 5.84. The molecule has 0 aromatic heterocycles. The molecule has 1 aromatic rings. The first-order valence-electron chi connectivity index (χ1n) is 8.83. The number of carbonyl (C=O) groups is 2. The van der Waals surface area contributed by atoms with E-state index in [4.69, 9.17) is 9.11 Å². The van der Waals surface area contributed by atoms with Gasteiger partial charge in [0.05, 0.1) is 17.2 Å². The zero-order chi connectivity index (χ0) is 22.9. The number of carbonyl (C=O) groups excluding carboxylic acids is 2. The summed E-state index contributed by atoms with van der Waals surface area (Å²) < 4.78 is 60.9. The van der Waals surface area contributed by atoms with Crippen molar-refractivity contribution < 1.29 is 35.5 Å². The molecule has 0 unspecified atom stereocenters. The van der Waals surface area contributed by atoms with Crippen molar-refractivity contribution in [1.29, 1.82) is 0 Å². The monoisotopic (exact) mass is 461 g/mol. The number of nitrogens with one attached hydrogen (secondary N) is 2. The van der Waals surface area contributed by atoms with E-state index in [0.717, 1.165) is 0 Å². The van der Waals surface area contributed by atoms with Gasteiger partial charge < -0.3 is 10.6 Å². The average molecular weight is 462 g/mol. The molecule has 1 aromatic carbocycles. The van der Waals surface area contributed by atoms with Crippen LogP contribution < -0.4 is 10.6 Å². The van der Waals surface area contributed by atoms with Crippen LogP contribution in [0.4, 0.5) is 5.69 Å². The Morgan fingerprint density at radius 1 is 0.967 bits per heavy atom. The number of rotatable bonds is 8. The molecule has 0 spiro atoms. The first-order chi connectivity index (χ1) is 13.6. The van der Waals surface area contributed by atoms with E-state index in [2.05, 4.69) is 15.6 Å². The van der Waals surface area contributed by atoms with Crippen molar-refractivity contribution in [2.24, 2.45) is 4.99 Å². The highest BCUT2D eigenvalue weighted by molar-refractivity contribution is 7.86. The highest BCUT2D eigenvalue weighted by atomic mass is 32.2. The SMILES string of the molecule is CC1=Nc2cc(C(=O)NCCS(=O)(=O)O)cc(C(=O)NCCS(=O)(=O)O)c2C1(C)C. The van der Waals surface area contributed by atoms with Crippen LogP contribution in [0.2, 0.25) is 0 Å². The van der Waals surface area contributed by atoms with Gasteiger partial charge in [0, 0.05) is 40.9 Å². The van der Waals surface area contributed by atoms with Gasteiger partial charge in [0.1, 0.15) is 0 Å². The van der Waals surface area contributed by atoms with Crippen molar-refractivity contribution in [2.75, 3.05) is 24.6 Å². The van der Waals surface area contributed by atoms with E-state index in [9.17, 15) is 26.4 Å². The van der Waals surface area contributed by atoms with Crippen LogP contribution in [0.3, 0.4) is 0 Å². The zero-order valence-corrected chi connectivity index (χ0v) is 18.2. The Kier molecular flexibility index (Phi) is 6.71. The third-order valence-corrected chi connectivity index (χ3v) is 6.17. The summed E-state index contributed by atoms with van der Waals surface area (Å²) in [6.07, 6.45) is 0. The van der Waals surface area contributed by atoms with E-state index in [0.29, 0.717) is 17.0 Å². The van der Waals surface area contributed by atoms with Crippen molar-refractivity contribution in [3.63, 3.8) is 0 Å². The van der Waals surface area contributed by atoms with Gasteiger partial charge >= 0.3 is 0 Å². The summed E-state index contributed by atoms with van der Waals surface area (Å²) in [5.74, 6) is -2.67. The summed E-state index contributed by atoms with van der Waals surface area (Å²) in [6, 6.07) is 2.77. The molecule has 1 aliphatic rings. The highest BCUT2D eigenvalue weighted by Gasteiger charge is 2.37. The van der Waals surface area contributed by atoms with Crippen molar-refractivity contribution in [3.05, 3.63) is 28.8 Å². The van der Waals surface area contributed by atoms with Crippen LogP contribution in [0.25, 0.3) is 0 Å². The van der Waals surface area contributed by atoms with Crippen molar-refractivity contribution in [2.45, 2.75) is 26.2 Å². The first-order valence-corrected chi connectivity index (χ1v) is 12.0. The van der Waals surface area contributed by atoms with Gasteiger partial charge in [-0.3, -0.25) is 23.7 Å². The van der Waals surface area contributed by atoms with E-state index in [-0.39, 0.29) is 24.2 Å². The Balaban J connectivity index is 2.36. The van der Waals surface area contributed by atoms with Gasteiger partial charge in [-0.2, -0.15) is 16.8 Å². The summed E-state index contributed by atoms with van der Waals surface area (Å²) in [5, 5.41) is 4.73. The quantitative estimate of drug-likeness (QED) is 0.399. The number of benzene rings is 1. The molecule has 166 valence electrons. The molecule has 0 aliphatic carbocycles. The van der Waals surface area contributed by atoms with Gasteiger partial charge in [0.25, 0.3) is 32.1 Å². The third-order valence-electron chi connectivity index (χ3n) is 4.73. The number of fused-ring (bicyclic) bond motifs is 1. The topological polar surface area (TPSA) is 179 Å². The zero-order valence-electron chi connectivity index (χ0n) is 16.6. The minimum absolute atomic E-state index is 0.0401. The number of hydrogen-bond acceptors (Lipinski definition) is 7. The number of aliphatic imine (C=N–C) groups is 1. The molecule has 0 radical (unpaired) electrons. The van der Waals surface area contributed by atoms with E-state index in [1.807, 2.05) is 13.8 Å². The largest absolute Gasteiger partial charge is 0.351 e. The Morgan fingerprint density at radius 2 is 1.47 bits per heavy atom. The molecule has 1 aliphatic heterocycles. The minimum atomic E-state index is -4.26. The maximum absolute atomic E-state index is 12.7. The molecule has 1 heterocycles. The summed E-state index contributed by atoms with van der Waals surface area (Å²) in [4.78, 5) is 29.6. The fourth-order valence-electron chi connectivity index (χ4n) is 2.97. The van der Waals surface area contributed by atoms with E-state index in [1.165, 1.54) is 12.1 Å². The maximum atomic E-state index is 12.7. The molecule has 2 amide bonds. The second kappa shape index (κ2) is 8.41. The summed E-state index contributed by atoms with van der Waals surface area (Å²) in [6.45, 7) is 4.79. The van der Waals surface area contributed by atoms with Crippen LogP contribution in [-0.4, -0.2) is 68.1 Å². The lowest BCUT2D eigenvalue weighted by Crippen LogP contribution is -2.33. The molecule has 11 nitrogen and oxygen atoms in total. The lowest BCUT2D eigenvalue weighted by molar-refractivity contribution is 0.0954. The maximum Gasteiger partial charge on any atom is 0.266 e. The Hall–Kier alpha value is -2.35. The van der Waals surface area contributed by atoms with Crippen LogP contribution >= 0.6 is 0 Å². The summed E-state index contributed by atoms with van der Waals surface area (Å²) in [5.41, 5.74) is 1.17. The number of amides is 2. The molecule has 0 saturated carbocycles. The van der Waals surface area contributed by atoms with Gasteiger partial charge in [-0.15, -0.1) is 0 Å². The first kappa shape index (κ1) is 23.9. The Bertz CT molecular complexity index is 1120. The molecule has 0 saturated heterocycles. The number of nitrogens with zero attached hydrogens (tertiary/aromatic N) is 1. The van der Waals surface area contributed by atoms with E-state index in [1.54, 1.807) is 6.92 Å². The minimum Gasteiger partial charge on any atom is -0.351 e. The molecule has 0 atom stereocenters. The molecule has 2 rings (SSSR count). The molecule has 0 fully saturated rings. The van der Waals surface area contributed by atoms with Gasteiger partial charge in [-0.25, -0.2) is 0 Å². The summed E-state index contributed by atoms with van der Waals surface area (Å²) in [7, 11) is -8.51. The van der Waals surface area contributed by atoms with Crippen LogP contribution in [0, 0.1) is 0 Å². The predicted molar refractivity (Wildman–Crippen MR) is 110 cm³/mol. The lowest BCUT2D eigenvalue weighted by Gasteiger charge is -2.23. The van der Waals surface area contributed by atoms with Crippen molar-refractivity contribution >= 4 is 43.4 Å².